The van der Waals surface area contributed by atoms with Gasteiger partial charge in [-0.25, -0.2) is 4.39 Å². The van der Waals surface area contributed by atoms with Crippen LogP contribution in [0, 0.1) is 0 Å². The smallest absolute Gasteiger partial charge is 0.326 e. The Hall–Kier alpha value is -0.640. The van der Waals surface area contributed by atoms with Gasteiger partial charge < -0.3 is 4.74 Å². The average molecular weight is 201 g/mol. The lowest BCUT2D eigenvalue weighted by Crippen LogP contribution is -2.49. The quantitative estimate of drug-likeness (QED) is 0.627. The Balaban J connectivity index is 2.22. The third-order valence-electron chi connectivity index (χ3n) is 3.61. The number of carbonyl (C=O) groups excluding carboxylic acids is 1. The molecule has 2 saturated heterocycles. The van der Waals surface area contributed by atoms with Gasteiger partial charge in [-0.05, 0) is 32.2 Å². The standard InChI is InChI=1S/C10H16FNO2/c1-14-9(13)10-4-2-6-12(10)8(7-11)3-5-10/h8H,2-7H2,1H3/t8-,10-/m0/s1. The lowest BCUT2D eigenvalue weighted by molar-refractivity contribution is -0.152. The van der Waals surface area contributed by atoms with Crippen LogP contribution in [0.5, 0.6) is 0 Å². The minimum absolute atomic E-state index is 0.0587. The van der Waals surface area contributed by atoms with E-state index in [1.165, 1.54) is 7.11 Å². The molecule has 80 valence electrons. The third-order valence-corrected chi connectivity index (χ3v) is 3.61. The van der Waals surface area contributed by atoms with E-state index in [0.717, 1.165) is 32.2 Å². The lowest BCUT2D eigenvalue weighted by Gasteiger charge is -2.31. The normalized spacial score (nSPS) is 37.1. The number of hydrogen-bond acceptors (Lipinski definition) is 3. The maximum atomic E-state index is 12.7. The molecule has 0 spiro atoms. The van der Waals surface area contributed by atoms with E-state index in [1.54, 1.807) is 0 Å². The van der Waals surface area contributed by atoms with Crippen LogP contribution >= 0.6 is 0 Å². The highest BCUT2D eigenvalue weighted by Crippen LogP contribution is 2.43. The minimum Gasteiger partial charge on any atom is -0.468 e. The summed E-state index contributed by atoms with van der Waals surface area (Å²) in [7, 11) is 1.41. The zero-order valence-corrected chi connectivity index (χ0v) is 8.46. The fraction of sp³-hybridized carbons (Fsp3) is 0.900. The zero-order valence-electron chi connectivity index (χ0n) is 8.46. The van der Waals surface area contributed by atoms with Crippen molar-refractivity contribution in [2.24, 2.45) is 0 Å². The summed E-state index contributed by atoms with van der Waals surface area (Å²) in [6.07, 6.45) is 3.35. The van der Waals surface area contributed by atoms with Gasteiger partial charge in [0, 0.05) is 6.04 Å². The monoisotopic (exact) mass is 201 g/mol. The molecule has 0 aromatic heterocycles. The van der Waals surface area contributed by atoms with Crippen molar-refractivity contribution in [3.63, 3.8) is 0 Å². The number of rotatable bonds is 2. The van der Waals surface area contributed by atoms with Crippen LogP contribution in [0.4, 0.5) is 4.39 Å². The number of methoxy groups -OCH3 is 1. The topological polar surface area (TPSA) is 29.5 Å². The summed E-state index contributed by atoms with van der Waals surface area (Å²) in [5.41, 5.74) is -0.481. The van der Waals surface area contributed by atoms with Crippen LogP contribution in [0.25, 0.3) is 0 Å². The second-order valence-corrected chi connectivity index (χ2v) is 4.17. The fourth-order valence-electron chi connectivity index (χ4n) is 2.93. The Morgan fingerprint density at radius 2 is 2.43 bits per heavy atom. The number of halogens is 1. The molecule has 2 heterocycles. The number of esters is 1. The molecule has 0 unspecified atom stereocenters. The lowest BCUT2D eigenvalue weighted by atomic mass is 9.94. The van der Waals surface area contributed by atoms with Crippen molar-refractivity contribution in [3.8, 4) is 0 Å². The third kappa shape index (κ3) is 1.16. The molecule has 4 heteroatoms. The molecule has 0 N–H and O–H groups in total. The van der Waals surface area contributed by atoms with E-state index in [1.807, 2.05) is 4.90 Å². The summed E-state index contributed by atoms with van der Waals surface area (Å²) < 4.78 is 17.5. The zero-order chi connectivity index (χ0) is 10.2. The fourth-order valence-corrected chi connectivity index (χ4v) is 2.93. The number of ether oxygens (including phenoxy) is 1. The molecule has 2 rings (SSSR count). The molecule has 3 nitrogen and oxygen atoms in total. The minimum atomic E-state index is -0.481. The summed E-state index contributed by atoms with van der Waals surface area (Å²) in [6, 6.07) is -0.0587. The van der Waals surface area contributed by atoms with E-state index < -0.39 is 5.54 Å². The number of fused-ring (bicyclic) bond motifs is 1. The van der Waals surface area contributed by atoms with Gasteiger partial charge in [0.25, 0.3) is 0 Å². The van der Waals surface area contributed by atoms with E-state index in [0.29, 0.717) is 0 Å². The van der Waals surface area contributed by atoms with Gasteiger partial charge >= 0.3 is 5.97 Å². The number of nitrogens with zero attached hydrogens (tertiary/aromatic N) is 1. The largest absolute Gasteiger partial charge is 0.468 e. The molecule has 14 heavy (non-hydrogen) atoms. The van der Waals surface area contributed by atoms with Crippen LogP contribution in [0.1, 0.15) is 25.7 Å². The summed E-state index contributed by atoms with van der Waals surface area (Å²) in [6.45, 7) is 0.489. The van der Waals surface area contributed by atoms with E-state index in [-0.39, 0.29) is 18.7 Å². The number of hydrogen-bond donors (Lipinski definition) is 0. The van der Waals surface area contributed by atoms with Crippen molar-refractivity contribution in [2.75, 3.05) is 20.3 Å². The number of carbonyl (C=O) groups is 1. The van der Waals surface area contributed by atoms with Gasteiger partial charge in [0.2, 0.25) is 0 Å². The van der Waals surface area contributed by atoms with Gasteiger partial charge in [0.05, 0.1) is 7.11 Å². The molecule has 2 aliphatic rings. The van der Waals surface area contributed by atoms with E-state index in [2.05, 4.69) is 0 Å². The second kappa shape index (κ2) is 3.50. The number of alkyl halides is 1. The SMILES string of the molecule is COC(=O)[C@@]12CCCN1[C@H](CF)CC2. The average Bonchev–Trinajstić information content (AvgIpc) is 2.74. The van der Waals surface area contributed by atoms with Gasteiger partial charge in [-0.2, -0.15) is 0 Å². The molecule has 2 atom stereocenters. The Kier molecular flexibility index (Phi) is 2.47. The van der Waals surface area contributed by atoms with Crippen LogP contribution < -0.4 is 0 Å². The predicted molar refractivity (Wildman–Crippen MR) is 49.7 cm³/mol. The molecule has 0 bridgehead atoms. The van der Waals surface area contributed by atoms with Gasteiger partial charge in [-0.3, -0.25) is 9.69 Å². The van der Waals surface area contributed by atoms with Gasteiger partial charge in [-0.1, -0.05) is 0 Å². The molecule has 0 aliphatic carbocycles. The van der Waals surface area contributed by atoms with Gasteiger partial charge in [0.15, 0.2) is 0 Å². The molecule has 0 radical (unpaired) electrons. The van der Waals surface area contributed by atoms with Crippen LogP contribution in [-0.2, 0) is 9.53 Å². The maximum Gasteiger partial charge on any atom is 0.326 e. The van der Waals surface area contributed by atoms with E-state index >= 15 is 0 Å². The Labute approximate surface area is 83.2 Å². The van der Waals surface area contributed by atoms with Crippen molar-refractivity contribution in [2.45, 2.75) is 37.3 Å². The first kappa shape index (κ1) is 9.90. The Morgan fingerprint density at radius 3 is 3.07 bits per heavy atom. The van der Waals surface area contributed by atoms with Gasteiger partial charge in [-0.15, -0.1) is 0 Å². The molecule has 0 saturated carbocycles. The summed E-state index contributed by atoms with van der Waals surface area (Å²) in [4.78, 5) is 13.7. The van der Waals surface area contributed by atoms with Crippen LogP contribution in [0.15, 0.2) is 0 Å². The summed E-state index contributed by atoms with van der Waals surface area (Å²) >= 11 is 0. The molecule has 0 aromatic carbocycles. The van der Waals surface area contributed by atoms with E-state index in [4.69, 9.17) is 4.74 Å². The van der Waals surface area contributed by atoms with Crippen LogP contribution in [-0.4, -0.2) is 42.8 Å². The first-order valence-corrected chi connectivity index (χ1v) is 5.16. The van der Waals surface area contributed by atoms with Crippen molar-refractivity contribution in [1.82, 2.24) is 4.90 Å². The highest BCUT2D eigenvalue weighted by Gasteiger charge is 2.54. The Bertz CT molecular complexity index is 246. The van der Waals surface area contributed by atoms with Crippen molar-refractivity contribution < 1.29 is 13.9 Å². The molecule has 0 amide bonds. The maximum absolute atomic E-state index is 12.7. The summed E-state index contributed by atoms with van der Waals surface area (Å²) in [5.74, 6) is -0.175. The van der Waals surface area contributed by atoms with Crippen molar-refractivity contribution in [1.29, 1.82) is 0 Å². The predicted octanol–water partition coefficient (Wildman–Crippen LogP) is 1.13. The van der Waals surface area contributed by atoms with Crippen LogP contribution in [0.3, 0.4) is 0 Å². The van der Waals surface area contributed by atoms with Crippen LogP contribution in [0.2, 0.25) is 0 Å². The molecular formula is C10H16FNO2. The highest BCUT2D eigenvalue weighted by atomic mass is 19.1. The second-order valence-electron chi connectivity index (χ2n) is 4.17. The molecule has 2 aliphatic heterocycles. The Morgan fingerprint density at radius 1 is 1.64 bits per heavy atom. The van der Waals surface area contributed by atoms with E-state index in [9.17, 15) is 9.18 Å². The van der Waals surface area contributed by atoms with Crippen molar-refractivity contribution in [3.05, 3.63) is 0 Å². The summed E-state index contributed by atoms with van der Waals surface area (Å²) in [5, 5.41) is 0. The molecular weight excluding hydrogens is 185 g/mol. The molecule has 0 aromatic rings. The first-order chi connectivity index (χ1) is 6.74. The molecule has 2 fully saturated rings. The first-order valence-electron chi connectivity index (χ1n) is 5.16. The van der Waals surface area contributed by atoms with Crippen molar-refractivity contribution >= 4 is 5.97 Å². The van der Waals surface area contributed by atoms with Gasteiger partial charge in [0.1, 0.15) is 12.2 Å². The highest BCUT2D eigenvalue weighted by molar-refractivity contribution is 5.81.